The predicted molar refractivity (Wildman–Crippen MR) is 90.2 cm³/mol. The van der Waals surface area contributed by atoms with Crippen LogP contribution in [-0.4, -0.2) is 46.1 Å². The van der Waals surface area contributed by atoms with E-state index in [9.17, 15) is 4.79 Å². The molecule has 1 fully saturated rings. The molecule has 1 aliphatic heterocycles. The predicted octanol–water partition coefficient (Wildman–Crippen LogP) is 2.56. The van der Waals surface area contributed by atoms with Crippen molar-refractivity contribution in [3.8, 4) is 5.88 Å². The molecule has 0 spiro atoms. The minimum Gasteiger partial charge on any atom is -0.480 e. The van der Waals surface area contributed by atoms with Gasteiger partial charge in [-0.15, -0.1) is 0 Å². The van der Waals surface area contributed by atoms with Crippen LogP contribution < -0.4 is 10.1 Å². The number of aromatic amines is 1. The third kappa shape index (κ3) is 3.79. The van der Waals surface area contributed by atoms with Gasteiger partial charge in [0, 0.05) is 44.1 Å². The highest BCUT2D eigenvalue weighted by Gasteiger charge is 2.25. The molecule has 0 aromatic carbocycles. The van der Waals surface area contributed by atoms with Gasteiger partial charge in [-0.25, -0.2) is 14.8 Å². The molecule has 0 saturated carbocycles. The summed E-state index contributed by atoms with van der Waals surface area (Å²) in [6, 6.07) is 1.66. The fourth-order valence-electron chi connectivity index (χ4n) is 2.89. The van der Waals surface area contributed by atoms with Crippen LogP contribution in [0.2, 0.25) is 5.02 Å². The Morgan fingerprint density at radius 1 is 1.54 bits per heavy atom. The van der Waals surface area contributed by atoms with Crippen LogP contribution in [0.5, 0.6) is 5.88 Å². The minimum absolute atomic E-state index is 0.0850. The van der Waals surface area contributed by atoms with E-state index in [0.29, 0.717) is 24.0 Å². The first-order valence-corrected chi connectivity index (χ1v) is 8.25. The Bertz CT molecular complexity index is 692. The number of carbonyl (C=O) groups is 1. The molecular weight excluding hydrogens is 330 g/mol. The lowest BCUT2D eigenvalue weighted by Gasteiger charge is -2.31. The van der Waals surface area contributed by atoms with E-state index in [1.165, 1.54) is 7.11 Å². The SMILES string of the molecule is COc1ncc(CNC(=O)N2CCCC(c3ncc[nH]3)C2)cc1Cl. The van der Waals surface area contributed by atoms with Gasteiger partial charge in [-0.2, -0.15) is 0 Å². The van der Waals surface area contributed by atoms with E-state index >= 15 is 0 Å². The zero-order chi connectivity index (χ0) is 16.9. The molecule has 7 nitrogen and oxygen atoms in total. The topological polar surface area (TPSA) is 83.1 Å². The second kappa shape index (κ2) is 7.53. The van der Waals surface area contributed by atoms with Crippen LogP contribution in [0, 0.1) is 0 Å². The summed E-state index contributed by atoms with van der Waals surface area (Å²) in [6.45, 7) is 1.79. The largest absolute Gasteiger partial charge is 0.480 e. The first kappa shape index (κ1) is 16.6. The third-order valence-corrected chi connectivity index (χ3v) is 4.39. The van der Waals surface area contributed by atoms with E-state index in [4.69, 9.17) is 16.3 Å². The second-order valence-corrected chi connectivity index (χ2v) is 6.16. The number of aromatic nitrogens is 3. The van der Waals surface area contributed by atoms with Crippen molar-refractivity contribution in [2.45, 2.75) is 25.3 Å². The van der Waals surface area contributed by atoms with Gasteiger partial charge < -0.3 is 19.9 Å². The lowest BCUT2D eigenvalue weighted by molar-refractivity contribution is 0.178. The molecule has 3 heterocycles. The molecule has 0 bridgehead atoms. The van der Waals surface area contributed by atoms with Crippen molar-refractivity contribution in [3.05, 3.63) is 41.1 Å². The number of carbonyl (C=O) groups excluding carboxylic acids is 1. The number of nitrogens with zero attached hydrogens (tertiary/aromatic N) is 3. The quantitative estimate of drug-likeness (QED) is 0.888. The maximum absolute atomic E-state index is 12.4. The lowest BCUT2D eigenvalue weighted by Crippen LogP contribution is -2.44. The number of nitrogens with one attached hydrogen (secondary N) is 2. The number of likely N-dealkylation sites (tertiary alicyclic amines) is 1. The van der Waals surface area contributed by atoms with E-state index in [1.807, 2.05) is 11.1 Å². The molecule has 0 radical (unpaired) electrons. The van der Waals surface area contributed by atoms with E-state index in [-0.39, 0.29) is 11.9 Å². The maximum Gasteiger partial charge on any atom is 0.317 e. The summed E-state index contributed by atoms with van der Waals surface area (Å²) in [5.74, 6) is 1.58. The summed E-state index contributed by atoms with van der Waals surface area (Å²) in [5.41, 5.74) is 0.828. The van der Waals surface area contributed by atoms with Gasteiger partial charge in [-0.1, -0.05) is 11.6 Å². The Labute approximate surface area is 145 Å². The van der Waals surface area contributed by atoms with Gasteiger partial charge in [0.25, 0.3) is 0 Å². The number of hydrogen-bond acceptors (Lipinski definition) is 4. The van der Waals surface area contributed by atoms with Crippen molar-refractivity contribution in [1.29, 1.82) is 0 Å². The fraction of sp³-hybridized carbons (Fsp3) is 0.438. The second-order valence-electron chi connectivity index (χ2n) is 5.75. The van der Waals surface area contributed by atoms with Gasteiger partial charge >= 0.3 is 6.03 Å². The van der Waals surface area contributed by atoms with E-state index in [0.717, 1.165) is 30.8 Å². The average Bonchev–Trinajstić information content (AvgIpc) is 3.14. The monoisotopic (exact) mass is 349 g/mol. The smallest absolute Gasteiger partial charge is 0.317 e. The van der Waals surface area contributed by atoms with Crippen LogP contribution in [0.4, 0.5) is 4.79 Å². The zero-order valence-corrected chi connectivity index (χ0v) is 14.2. The number of rotatable bonds is 4. The van der Waals surface area contributed by atoms with Crippen molar-refractivity contribution < 1.29 is 9.53 Å². The molecule has 1 unspecified atom stereocenters. The Balaban J connectivity index is 1.55. The Hall–Kier alpha value is -2.28. The molecule has 2 amide bonds. The van der Waals surface area contributed by atoms with Crippen LogP contribution in [0.25, 0.3) is 0 Å². The zero-order valence-electron chi connectivity index (χ0n) is 13.5. The van der Waals surface area contributed by atoms with Crippen molar-refractivity contribution in [2.24, 2.45) is 0 Å². The summed E-state index contributed by atoms with van der Waals surface area (Å²) in [4.78, 5) is 25.8. The molecule has 0 aliphatic carbocycles. The molecule has 8 heteroatoms. The van der Waals surface area contributed by atoms with Crippen molar-refractivity contribution >= 4 is 17.6 Å². The third-order valence-electron chi connectivity index (χ3n) is 4.12. The molecule has 3 rings (SSSR count). The van der Waals surface area contributed by atoms with Gasteiger partial charge in [0.05, 0.1) is 7.11 Å². The number of hydrogen-bond donors (Lipinski definition) is 2. The molecule has 1 aliphatic rings. The Kier molecular flexibility index (Phi) is 5.20. The summed E-state index contributed by atoms with van der Waals surface area (Å²) in [6.07, 6.45) is 7.21. The van der Waals surface area contributed by atoms with Gasteiger partial charge in [-0.3, -0.25) is 0 Å². The Morgan fingerprint density at radius 3 is 3.12 bits per heavy atom. The lowest BCUT2D eigenvalue weighted by atomic mass is 9.98. The van der Waals surface area contributed by atoms with Crippen LogP contribution in [0.15, 0.2) is 24.7 Å². The first-order valence-electron chi connectivity index (χ1n) is 7.88. The van der Waals surface area contributed by atoms with Crippen molar-refractivity contribution in [3.63, 3.8) is 0 Å². The molecule has 2 aromatic heterocycles. The summed E-state index contributed by atoms with van der Waals surface area (Å²) < 4.78 is 5.02. The highest BCUT2D eigenvalue weighted by molar-refractivity contribution is 6.31. The number of ether oxygens (including phenoxy) is 1. The van der Waals surface area contributed by atoms with E-state index in [1.54, 1.807) is 18.5 Å². The van der Waals surface area contributed by atoms with Gasteiger partial charge in [-0.05, 0) is 24.5 Å². The maximum atomic E-state index is 12.4. The molecule has 1 atom stereocenters. The van der Waals surface area contributed by atoms with E-state index in [2.05, 4.69) is 20.3 Å². The number of H-pyrrole nitrogens is 1. The first-order chi connectivity index (χ1) is 11.7. The number of urea groups is 1. The average molecular weight is 350 g/mol. The van der Waals surface area contributed by atoms with E-state index < -0.39 is 0 Å². The van der Waals surface area contributed by atoms with Crippen LogP contribution in [0.1, 0.15) is 30.1 Å². The van der Waals surface area contributed by atoms with Gasteiger partial charge in [0.1, 0.15) is 10.8 Å². The molecular formula is C16H20ClN5O2. The molecule has 128 valence electrons. The number of piperidine rings is 1. The van der Waals surface area contributed by atoms with Gasteiger partial charge in [0.2, 0.25) is 5.88 Å². The highest BCUT2D eigenvalue weighted by Crippen LogP contribution is 2.24. The number of halogens is 1. The van der Waals surface area contributed by atoms with Gasteiger partial charge in [0.15, 0.2) is 0 Å². The van der Waals surface area contributed by atoms with Crippen LogP contribution in [-0.2, 0) is 6.54 Å². The number of pyridine rings is 1. The molecule has 2 aromatic rings. The van der Waals surface area contributed by atoms with Crippen LogP contribution in [0.3, 0.4) is 0 Å². The standard InChI is InChI=1S/C16H20ClN5O2/c1-24-15-13(17)7-11(8-20-15)9-21-16(23)22-6-2-3-12(10-22)14-18-4-5-19-14/h4-5,7-8,12H,2-3,6,9-10H2,1H3,(H,18,19)(H,21,23). The van der Waals surface area contributed by atoms with Crippen molar-refractivity contribution in [2.75, 3.05) is 20.2 Å². The number of imidazole rings is 1. The summed E-state index contributed by atoms with van der Waals surface area (Å²) in [5, 5.41) is 3.35. The fourth-order valence-corrected chi connectivity index (χ4v) is 3.15. The highest BCUT2D eigenvalue weighted by atomic mass is 35.5. The number of amides is 2. The number of methoxy groups -OCH3 is 1. The molecule has 2 N–H and O–H groups in total. The summed E-state index contributed by atoms with van der Waals surface area (Å²) >= 11 is 6.05. The summed E-state index contributed by atoms with van der Waals surface area (Å²) in [7, 11) is 1.52. The molecule has 1 saturated heterocycles. The van der Waals surface area contributed by atoms with Crippen LogP contribution >= 0.6 is 11.6 Å². The normalized spacial score (nSPS) is 17.6. The Morgan fingerprint density at radius 2 is 2.42 bits per heavy atom. The minimum atomic E-state index is -0.0850. The molecule has 24 heavy (non-hydrogen) atoms. The van der Waals surface area contributed by atoms with Crippen molar-refractivity contribution in [1.82, 2.24) is 25.2 Å².